The van der Waals surface area contributed by atoms with Gasteiger partial charge in [-0.25, -0.2) is 8.42 Å². The molecule has 0 saturated carbocycles. The molecule has 8 heteroatoms. The van der Waals surface area contributed by atoms with Crippen LogP contribution in [0.5, 0.6) is 5.75 Å². The van der Waals surface area contributed by atoms with Gasteiger partial charge >= 0.3 is 0 Å². The van der Waals surface area contributed by atoms with Gasteiger partial charge < -0.3 is 9.64 Å². The second-order valence-electron chi connectivity index (χ2n) is 5.87. The smallest absolute Gasteiger partial charge is 0.244 e. The van der Waals surface area contributed by atoms with E-state index < -0.39 is 10.0 Å². The predicted octanol–water partition coefficient (Wildman–Crippen LogP) is 3.90. The molecule has 0 radical (unpaired) electrons. The van der Waals surface area contributed by atoms with E-state index in [-0.39, 0.29) is 9.92 Å². The van der Waals surface area contributed by atoms with E-state index in [2.05, 4.69) is 4.90 Å². The molecule has 1 aliphatic rings. The second-order valence-corrected chi connectivity index (χ2v) is 8.62. The van der Waals surface area contributed by atoms with Crippen LogP contribution in [-0.4, -0.2) is 45.5 Å². The first-order chi connectivity index (χ1) is 12.4. The fourth-order valence-corrected chi connectivity index (χ4v) is 5.14. The Bertz CT molecular complexity index is 882. The van der Waals surface area contributed by atoms with E-state index >= 15 is 0 Å². The number of hydrogen-bond acceptors (Lipinski definition) is 4. The van der Waals surface area contributed by atoms with Crippen molar-refractivity contribution < 1.29 is 13.2 Å². The van der Waals surface area contributed by atoms with Crippen LogP contribution in [0.25, 0.3) is 0 Å². The molecule has 2 aromatic rings. The monoisotopic (exact) mass is 414 g/mol. The number of halogens is 2. The van der Waals surface area contributed by atoms with Crippen LogP contribution >= 0.6 is 23.2 Å². The first kappa shape index (κ1) is 19.3. The summed E-state index contributed by atoms with van der Waals surface area (Å²) in [5.74, 6) is 0.809. The third-order valence-corrected chi connectivity index (χ3v) is 6.87. The first-order valence-corrected chi connectivity index (χ1v) is 10.5. The van der Waals surface area contributed by atoms with Crippen molar-refractivity contribution in [2.75, 3.05) is 37.7 Å². The normalized spacial score (nSPS) is 15.9. The molecule has 5 nitrogen and oxygen atoms in total. The number of ether oxygens (including phenoxy) is 1. The Morgan fingerprint density at radius 3 is 2.42 bits per heavy atom. The lowest BCUT2D eigenvalue weighted by atomic mass is 10.2. The summed E-state index contributed by atoms with van der Waals surface area (Å²) >= 11 is 12.0. The molecule has 1 fully saturated rings. The highest BCUT2D eigenvalue weighted by atomic mass is 35.5. The van der Waals surface area contributed by atoms with E-state index in [1.807, 2.05) is 31.2 Å². The number of rotatable bonds is 5. The summed E-state index contributed by atoms with van der Waals surface area (Å²) in [6, 6.07) is 12.3. The molecule has 1 aliphatic heterocycles. The van der Waals surface area contributed by atoms with Crippen LogP contribution in [0.4, 0.5) is 5.69 Å². The molecule has 3 rings (SSSR count). The highest BCUT2D eigenvalue weighted by molar-refractivity contribution is 7.89. The van der Waals surface area contributed by atoms with Crippen molar-refractivity contribution in [3.05, 3.63) is 52.5 Å². The zero-order chi connectivity index (χ0) is 18.7. The molecule has 2 aromatic carbocycles. The molecule has 0 atom stereocenters. The standard InChI is InChI=1S/C18H20Cl2N2O3S/c1-2-25-17-6-4-3-5-16(17)21-9-11-22(12-10-21)26(23,24)18-13-14(19)7-8-15(18)20/h3-8,13H,2,9-12H2,1H3. The lowest BCUT2D eigenvalue weighted by molar-refractivity contribution is 0.337. The van der Waals surface area contributed by atoms with Crippen molar-refractivity contribution in [3.63, 3.8) is 0 Å². The number of sulfonamides is 1. The van der Waals surface area contributed by atoms with E-state index in [0.29, 0.717) is 37.8 Å². The van der Waals surface area contributed by atoms with Crippen molar-refractivity contribution in [1.82, 2.24) is 4.31 Å². The third kappa shape index (κ3) is 3.93. The van der Waals surface area contributed by atoms with E-state index in [4.69, 9.17) is 27.9 Å². The van der Waals surface area contributed by atoms with Crippen LogP contribution in [0.1, 0.15) is 6.92 Å². The summed E-state index contributed by atoms with van der Waals surface area (Å²) in [5.41, 5.74) is 0.979. The van der Waals surface area contributed by atoms with Crippen molar-refractivity contribution >= 4 is 38.9 Å². The average Bonchev–Trinajstić information content (AvgIpc) is 2.64. The summed E-state index contributed by atoms with van der Waals surface area (Å²) in [4.78, 5) is 2.19. The zero-order valence-electron chi connectivity index (χ0n) is 14.4. The van der Waals surface area contributed by atoms with E-state index in [1.54, 1.807) is 6.07 Å². The minimum absolute atomic E-state index is 0.0508. The van der Waals surface area contributed by atoms with Crippen molar-refractivity contribution in [2.24, 2.45) is 0 Å². The average molecular weight is 415 g/mol. The van der Waals surface area contributed by atoms with Gasteiger partial charge in [0.05, 0.1) is 17.3 Å². The van der Waals surface area contributed by atoms with Crippen molar-refractivity contribution in [3.8, 4) is 5.75 Å². The Morgan fingerprint density at radius 1 is 1.04 bits per heavy atom. The molecule has 26 heavy (non-hydrogen) atoms. The number of nitrogens with zero attached hydrogens (tertiary/aromatic N) is 2. The summed E-state index contributed by atoms with van der Waals surface area (Å²) in [6.07, 6.45) is 0. The van der Waals surface area contributed by atoms with Crippen LogP contribution in [0.15, 0.2) is 47.4 Å². The summed E-state index contributed by atoms with van der Waals surface area (Å²) in [5, 5.41) is 0.524. The Hall–Kier alpha value is -1.47. The third-order valence-electron chi connectivity index (χ3n) is 4.26. The minimum Gasteiger partial charge on any atom is -0.492 e. The summed E-state index contributed by atoms with van der Waals surface area (Å²) < 4.78 is 33.0. The van der Waals surface area contributed by atoms with Gasteiger partial charge in [-0.2, -0.15) is 4.31 Å². The van der Waals surface area contributed by atoms with Gasteiger partial charge in [-0.3, -0.25) is 0 Å². The molecule has 1 heterocycles. The maximum atomic E-state index is 12.9. The summed E-state index contributed by atoms with van der Waals surface area (Å²) in [7, 11) is -3.68. The van der Waals surface area contributed by atoms with Gasteiger partial charge in [-0.05, 0) is 37.3 Å². The van der Waals surface area contributed by atoms with Crippen LogP contribution in [0.3, 0.4) is 0 Å². The largest absolute Gasteiger partial charge is 0.492 e. The quantitative estimate of drug-likeness (QED) is 0.743. The summed E-state index contributed by atoms with van der Waals surface area (Å²) in [6.45, 7) is 4.40. The van der Waals surface area contributed by atoms with E-state index in [1.165, 1.54) is 16.4 Å². The fraction of sp³-hybridized carbons (Fsp3) is 0.333. The molecule has 0 bridgehead atoms. The molecular weight excluding hydrogens is 395 g/mol. The van der Waals surface area contributed by atoms with Crippen LogP contribution < -0.4 is 9.64 Å². The number of anilines is 1. The molecule has 0 unspecified atom stereocenters. The predicted molar refractivity (Wildman–Crippen MR) is 105 cm³/mol. The van der Waals surface area contributed by atoms with E-state index in [0.717, 1.165) is 11.4 Å². The zero-order valence-corrected chi connectivity index (χ0v) is 16.7. The molecular formula is C18H20Cl2N2O3S. The van der Waals surface area contributed by atoms with Crippen LogP contribution in [0.2, 0.25) is 10.0 Å². The maximum absolute atomic E-state index is 12.9. The van der Waals surface area contributed by atoms with Crippen molar-refractivity contribution in [1.29, 1.82) is 0 Å². The Labute approximate surface area is 164 Å². The SMILES string of the molecule is CCOc1ccccc1N1CCN(S(=O)(=O)c2cc(Cl)ccc2Cl)CC1. The minimum atomic E-state index is -3.68. The Balaban J connectivity index is 1.77. The lowest BCUT2D eigenvalue weighted by Gasteiger charge is -2.36. The van der Waals surface area contributed by atoms with Crippen molar-refractivity contribution in [2.45, 2.75) is 11.8 Å². The van der Waals surface area contributed by atoms with Gasteiger partial charge in [0.25, 0.3) is 0 Å². The molecule has 0 aliphatic carbocycles. The van der Waals surface area contributed by atoms with Gasteiger partial charge in [0, 0.05) is 31.2 Å². The molecule has 0 N–H and O–H groups in total. The molecule has 1 saturated heterocycles. The van der Waals surface area contributed by atoms with Gasteiger partial charge in [-0.1, -0.05) is 35.3 Å². The molecule has 140 valence electrons. The Morgan fingerprint density at radius 2 is 1.73 bits per heavy atom. The highest BCUT2D eigenvalue weighted by Gasteiger charge is 2.31. The maximum Gasteiger partial charge on any atom is 0.244 e. The van der Waals surface area contributed by atoms with Crippen LogP contribution in [-0.2, 0) is 10.0 Å². The number of hydrogen-bond donors (Lipinski definition) is 0. The molecule has 0 amide bonds. The van der Waals surface area contributed by atoms with Gasteiger partial charge in [0.15, 0.2) is 0 Å². The molecule has 0 aromatic heterocycles. The number of benzene rings is 2. The number of piperazine rings is 1. The topological polar surface area (TPSA) is 49.9 Å². The second kappa shape index (κ2) is 8.05. The Kier molecular flexibility index (Phi) is 5.97. The van der Waals surface area contributed by atoms with Gasteiger partial charge in [0.2, 0.25) is 10.0 Å². The fourth-order valence-electron chi connectivity index (χ4n) is 2.98. The number of para-hydroxylation sites is 2. The first-order valence-electron chi connectivity index (χ1n) is 8.35. The van der Waals surface area contributed by atoms with Crippen LogP contribution in [0, 0.1) is 0 Å². The molecule has 0 spiro atoms. The van der Waals surface area contributed by atoms with Gasteiger partial charge in [0.1, 0.15) is 10.6 Å². The lowest BCUT2D eigenvalue weighted by Crippen LogP contribution is -2.48. The highest BCUT2D eigenvalue weighted by Crippen LogP contribution is 2.31. The van der Waals surface area contributed by atoms with E-state index in [9.17, 15) is 8.42 Å². The van der Waals surface area contributed by atoms with Gasteiger partial charge in [-0.15, -0.1) is 0 Å².